The van der Waals surface area contributed by atoms with Crippen LogP contribution in [0.1, 0.15) is 56.7 Å². The average Bonchev–Trinajstić information content (AvgIpc) is 3.04. The average molecular weight is 367 g/mol. The van der Waals surface area contributed by atoms with Gasteiger partial charge in [0.1, 0.15) is 11.5 Å². The van der Waals surface area contributed by atoms with E-state index in [4.69, 9.17) is 0 Å². The van der Waals surface area contributed by atoms with E-state index in [0.29, 0.717) is 11.4 Å². The molecule has 1 unspecified atom stereocenters. The Labute approximate surface area is 160 Å². The topological polar surface area (TPSA) is 76.5 Å². The molecule has 0 fully saturated rings. The van der Waals surface area contributed by atoms with Crippen LogP contribution in [-0.4, -0.2) is 20.3 Å². The molecule has 0 radical (unpaired) electrons. The second-order valence-electron chi connectivity index (χ2n) is 7.68. The molecule has 27 heavy (non-hydrogen) atoms. The highest BCUT2D eigenvalue weighted by Crippen LogP contribution is 2.39. The Hall–Kier alpha value is -2.46. The van der Waals surface area contributed by atoms with E-state index in [0.717, 1.165) is 45.8 Å². The summed E-state index contributed by atoms with van der Waals surface area (Å²) in [6.07, 6.45) is 5.46. The fraction of sp³-hybridized carbons (Fsp3) is 0.391. The van der Waals surface area contributed by atoms with E-state index >= 15 is 0 Å². The SMILES string of the molecule is CCC(C)CC/C(C)=C/c1c(C)c(O)cc2c1[nH]c1c(O)ccc(CO)c12. The molecule has 4 nitrogen and oxygen atoms in total. The molecule has 1 atom stereocenters. The Morgan fingerprint density at radius 3 is 2.59 bits per heavy atom. The molecule has 4 heteroatoms. The zero-order valence-electron chi connectivity index (χ0n) is 16.6. The van der Waals surface area contributed by atoms with Crippen LogP contribution in [0.15, 0.2) is 23.8 Å². The Kier molecular flexibility index (Phi) is 5.47. The summed E-state index contributed by atoms with van der Waals surface area (Å²) in [5.41, 5.74) is 5.19. The first-order chi connectivity index (χ1) is 12.9. The minimum absolute atomic E-state index is 0.128. The summed E-state index contributed by atoms with van der Waals surface area (Å²) in [6.45, 7) is 8.37. The predicted octanol–water partition coefficient (Wildman–Crippen LogP) is 5.76. The molecule has 0 aliphatic carbocycles. The number of nitrogens with one attached hydrogen (secondary N) is 1. The van der Waals surface area contributed by atoms with Crippen LogP contribution in [-0.2, 0) is 6.61 Å². The maximum atomic E-state index is 10.5. The Bertz CT molecular complexity index is 1010. The van der Waals surface area contributed by atoms with Crippen LogP contribution in [0.25, 0.3) is 27.9 Å². The molecule has 0 saturated carbocycles. The second kappa shape index (κ2) is 7.65. The Morgan fingerprint density at radius 1 is 1.19 bits per heavy atom. The lowest BCUT2D eigenvalue weighted by molar-refractivity contribution is 0.283. The van der Waals surface area contributed by atoms with Crippen LogP contribution >= 0.6 is 0 Å². The number of hydrogen-bond donors (Lipinski definition) is 4. The molecule has 0 amide bonds. The highest BCUT2D eigenvalue weighted by Gasteiger charge is 2.17. The number of phenols is 2. The van der Waals surface area contributed by atoms with Crippen molar-refractivity contribution in [1.82, 2.24) is 4.98 Å². The van der Waals surface area contributed by atoms with Gasteiger partial charge in [-0.05, 0) is 50.3 Å². The summed E-state index contributed by atoms with van der Waals surface area (Å²) in [5, 5.41) is 32.1. The van der Waals surface area contributed by atoms with Crippen LogP contribution in [0.3, 0.4) is 0 Å². The molecule has 1 heterocycles. The van der Waals surface area contributed by atoms with Gasteiger partial charge in [0.15, 0.2) is 0 Å². The number of aromatic nitrogens is 1. The number of allylic oxidation sites excluding steroid dienone is 1. The summed E-state index contributed by atoms with van der Waals surface area (Å²) in [7, 11) is 0. The lowest BCUT2D eigenvalue weighted by Gasteiger charge is -2.10. The standard InChI is InChI=1S/C23H29NO3/c1-5-13(2)6-7-14(3)10-17-15(4)20(27)11-18-21-16(12-25)8-9-19(26)23(21)24-22(17)18/h8-11,13,24-27H,5-7,12H2,1-4H3/b14-10+. The van der Waals surface area contributed by atoms with Gasteiger partial charge in [0.2, 0.25) is 0 Å². The first-order valence-electron chi connectivity index (χ1n) is 9.64. The van der Waals surface area contributed by atoms with Crippen LogP contribution in [0.5, 0.6) is 11.5 Å². The van der Waals surface area contributed by atoms with Crippen molar-refractivity contribution in [2.24, 2.45) is 5.92 Å². The van der Waals surface area contributed by atoms with Crippen molar-refractivity contribution in [1.29, 1.82) is 0 Å². The maximum absolute atomic E-state index is 10.5. The first-order valence-corrected chi connectivity index (χ1v) is 9.64. The molecule has 0 aliphatic rings. The van der Waals surface area contributed by atoms with Gasteiger partial charge in [-0.25, -0.2) is 0 Å². The highest BCUT2D eigenvalue weighted by atomic mass is 16.3. The third kappa shape index (κ3) is 3.54. The van der Waals surface area contributed by atoms with Crippen molar-refractivity contribution in [3.05, 3.63) is 40.5 Å². The quantitative estimate of drug-likeness (QED) is 0.447. The van der Waals surface area contributed by atoms with Crippen molar-refractivity contribution in [3.63, 3.8) is 0 Å². The van der Waals surface area contributed by atoms with Crippen molar-refractivity contribution >= 4 is 27.9 Å². The van der Waals surface area contributed by atoms with Crippen LogP contribution in [0.4, 0.5) is 0 Å². The first kappa shape index (κ1) is 19.3. The van der Waals surface area contributed by atoms with Crippen LogP contribution < -0.4 is 0 Å². The van der Waals surface area contributed by atoms with Gasteiger partial charge in [-0.2, -0.15) is 0 Å². The Morgan fingerprint density at radius 2 is 1.93 bits per heavy atom. The van der Waals surface area contributed by atoms with Gasteiger partial charge < -0.3 is 20.3 Å². The lowest BCUT2D eigenvalue weighted by Crippen LogP contribution is -1.93. The normalized spacial score (nSPS) is 13.6. The zero-order valence-corrected chi connectivity index (χ0v) is 16.6. The van der Waals surface area contributed by atoms with Gasteiger partial charge >= 0.3 is 0 Å². The minimum atomic E-state index is -0.128. The number of benzene rings is 2. The molecule has 1 aromatic heterocycles. The second-order valence-corrected chi connectivity index (χ2v) is 7.68. The van der Waals surface area contributed by atoms with Crippen molar-refractivity contribution < 1.29 is 15.3 Å². The van der Waals surface area contributed by atoms with Crippen molar-refractivity contribution in [2.45, 2.75) is 53.6 Å². The van der Waals surface area contributed by atoms with Gasteiger partial charge in [-0.1, -0.05) is 38.0 Å². The van der Waals surface area contributed by atoms with E-state index in [1.54, 1.807) is 18.2 Å². The van der Waals surface area contributed by atoms with Gasteiger partial charge in [0.05, 0.1) is 17.6 Å². The van der Waals surface area contributed by atoms with Crippen molar-refractivity contribution in [3.8, 4) is 11.5 Å². The van der Waals surface area contributed by atoms with E-state index in [-0.39, 0.29) is 18.1 Å². The molecular weight excluding hydrogens is 338 g/mol. The molecule has 3 rings (SSSR count). The van der Waals surface area contributed by atoms with Crippen molar-refractivity contribution in [2.75, 3.05) is 0 Å². The van der Waals surface area contributed by atoms with E-state index in [9.17, 15) is 15.3 Å². The highest BCUT2D eigenvalue weighted by molar-refractivity contribution is 6.13. The Balaban J connectivity index is 2.22. The summed E-state index contributed by atoms with van der Waals surface area (Å²) >= 11 is 0. The fourth-order valence-electron chi connectivity index (χ4n) is 3.62. The number of aromatic hydroxyl groups is 2. The number of rotatable bonds is 6. The summed E-state index contributed by atoms with van der Waals surface area (Å²) < 4.78 is 0. The molecule has 2 aromatic carbocycles. The summed E-state index contributed by atoms with van der Waals surface area (Å²) in [5.74, 6) is 1.05. The van der Waals surface area contributed by atoms with Gasteiger partial charge in [-0.3, -0.25) is 0 Å². The fourth-order valence-corrected chi connectivity index (χ4v) is 3.62. The minimum Gasteiger partial charge on any atom is -0.508 e. The molecule has 3 aromatic rings. The largest absolute Gasteiger partial charge is 0.508 e. The van der Waals surface area contributed by atoms with Crippen LogP contribution in [0.2, 0.25) is 0 Å². The van der Waals surface area contributed by atoms with E-state index in [1.165, 1.54) is 12.0 Å². The zero-order chi connectivity index (χ0) is 19.7. The monoisotopic (exact) mass is 367 g/mol. The summed E-state index contributed by atoms with van der Waals surface area (Å²) in [6, 6.07) is 5.02. The molecular formula is C23H29NO3. The summed E-state index contributed by atoms with van der Waals surface area (Å²) in [4.78, 5) is 3.32. The van der Waals surface area contributed by atoms with E-state index in [1.807, 2.05) is 6.92 Å². The molecule has 4 N–H and O–H groups in total. The number of aromatic amines is 1. The number of aliphatic hydroxyl groups is 1. The lowest BCUT2D eigenvalue weighted by atomic mass is 9.96. The number of fused-ring (bicyclic) bond motifs is 3. The third-order valence-corrected chi connectivity index (χ3v) is 5.69. The molecule has 0 aliphatic heterocycles. The van der Waals surface area contributed by atoms with Crippen LogP contribution in [0, 0.1) is 12.8 Å². The van der Waals surface area contributed by atoms with E-state index in [2.05, 4.69) is 31.8 Å². The number of phenolic OH excluding ortho intramolecular Hbond substituents is 2. The molecule has 144 valence electrons. The molecule has 0 bridgehead atoms. The van der Waals surface area contributed by atoms with Gasteiger partial charge in [0.25, 0.3) is 0 Å². The van der Waals surface area contributed by atoms with E-state index < -0.39 is 0 Å². The van der Waals surface area contributed by atoms with Gasteiger partial charge in [0, 0.05) is 21.9 Å². The number of hydrogen-bond acceptors (Lipinski definition) is 3. The molecule has 0 spiro atoms. The third-order valence-electron chi connectivity index (χ3n) is 5.69. The van der Waals surface area contributed by atoms with Gasteiger partial charge in [-0.15, -0.1) is 0 Å². The predicted molar refractivity (Wildman–Crippen MR) is 112 cm³/mol. The number of aliphatic hydroxyl groups excluding tert-OH is 1. The number of H-pyrrole nitrogens is 1. The maximum Gasteiger partial charge on any atom is 0.139 e. The molecule has 0 saturated heterocycles. The smallest absolute Gasteiger partial charge is 0.139 e.